The van der Waals surface area contributed by atoms with Crippen LogP contribution in [0.3, 0.4) is 0 Å². The van der Waals surface area contributed by atoms with Gasteiger partial charge in [0.05, 0.1) is 6.10 Å². The molecule has 0 aliphatic rings. The lowest BCUT2D eigenvalue weighted by molar-refractivity contribution is -0.0407. The van der Waals surface area contributed by atoms with E-state index in [4.69, 9.17) is 4.74 Å². The molecule has 2 unspecified atom stereocenters. The van der Waals surface area contributed by atoms with Crippen LogP contribution in [0.5, 0.6) is 0 Å². The number of rotatable bonds is 4. The Morgan fingerprint density at radius 1 is 1.24 bits per heavy atom. The summed E-state index contributed by atoms with van der Waals surface area (Å²) in [6.45, 7) is 7.53. The van der Waals surface area contributed by atoms with E-state index in [1.165, 1.54) is 13.2 Å². The van der Waals surface area contributed by atoms with Crippen molar-refractivity contribution in [3.05, 3.63) is 34.6 Å². The minimum absolute atomic E-state index is 0.120. The Hall–Kier alpha value is -0.930. The van der Waals surface area contributed by atoms with Crippen molar-refractivity contribution in [3.63, 3.8) is 0 Å². The average Bonchev–Trinajstić information content (AvgIpc) is 2.15. The first kappa shape index (κ1) is 14.1. The van der Waals surface area contributed by atoms with Gasteiger partial charge in [-0.25, -0.2) is 4.39 Å². The van der Waals surface area contributed by atoms with E-state index in [0.29, 0.717) is 5.56 Å². The van der Waals surface area contributed by atoms with Crippen LogP contribution >= 0.6 is 0 Å². The molecule has 17 heavy (non-hydrogen) atoms. The smallest absolute Gasteiger partial charge is 0.129 e. The van der Waals surface area contributed by atoms with Crippen molar-refractivity contribution in [2.24, 2.45) is 5.92 Å². The van der Waals surface area contributed by atoms with Crippen LogP contribution in [0.15, 0.2) is 12.1 Å². The van der Waals surface area contributed by atoms with Gasteiger partial charge >= 0.3 is 0 Å². The van der Waals surface area contributed by atoms with Gasteiger partial charge < -0.3 is 9.84 Å². The van der Waals surface area contributed by atoms with Crippen molar-refractivity contribution in [2.75, 3.05) is 7.11 Å². The molecule has 1 aromatic carbocycles. The molecule has 0 bridgehead atoms. The summed E-state index contributed by atoms with van der Waals surface area (Å²) in [5.41, 5.74) is 1.96. The van der Waals surface area contributed by atoms with Crippen LogP contribution in [-0.2, 0) is 4.74 Å². The Morgan fingerprint density at radius 2 is 1.82 bits per heavy atom. The van der Waals surface area contributed by atoms with Crippen molar-refractivity contribution in [2.45, 2.75) is 39.9 Å². The molecule has 0 amide bonds. The zero-order valence-corrected chi connectivity index (χ0v) is 11.1. The first-order chi connectivity index (χ1) is 7.88. The monoisotopic (exact) mass is 240 g/mol. The Bertz CT molecular complexity index is 365. The van der Waals surface area contributed by atoms with Gasteiger partial charge in [-0.15, -0.1) is 0 Å². The van der Waals surface area contributed by atoms with E-state index in [-0.39, 0.29) is 11.7 Å². The van der Waals surface area contributed by atoms with Crippen LogP contribution in [0.2, 0.25) is 0 Å². The molecule has 2 nitrogen and oxygen atoms in total. The molecule has 0 fully saturated rings. The summed E-state index contributed by atoms with van der Waals surface area (Å²) in [7, 11) is 1.54. The highest BCUT2D eigenvalue weighted by Gasteiger charge is 2.27. The molecule has 0 heterocycles. The molecular weight excluding hydrogens is 219 g/mol. The lowest BCUT2D eigenvalue weighted by Gasteiger charge is -2.26. The van der Waals surface area contributed by atoms with Gasteiger partial charge in [0.15, 0.2) is 0 Å². The second kappa shape index (κ2) is 5.61. The number of methoxy groups -OCH3 is 1. The summed E-state index contributed by atoms with van der Waals surface area (Å²) >= 11 is 0. The van der Waals surface area contributed by atoms with Crippen LogP contribution in [0.25, 0.3) is 0 Å². The summed E-state index contributed by atoms with van der Waals surface area (Å²) in [5, 5.41) is 10.2. The Morgan fingerprint density at radius 3 is 2.24 bits per heavy atom. The largest absolute Gasteiger partial charge is 0.386 e. The average molecular weight is 240 g/mol. The third-order valence-electron chi connectivity index (χ3n) is 3.02. The molecule has 0 saturated heterocycles. The van der Waals surface area contributed by atoms with Crippen LogP contribution in [-0.4, -0.2) is 18.3 Å². The molecule has 3 heteroatoms. The first-order valence-corrected chi connectivity index (χ1v) is 5.86. The van der Waals surface area contributed by atoms with E-state index in [2.05, 4.69) is 0 Å². The van der Waals surface area contributed by atoms with Crippen LogP contribution < -0.4 is 0 Å². The topological polar surface area (TPSA) is 29.5 Å². The lowest BCUT2D eigenvalue weighted by atomic mass is 9.92. The van der Waals surface area contributed by atoms with Crippen molar-refractivity contribution in [1.29, 1.82) is 0 Å². The highest BCUT2D eigenvalue weighted by molar-refractivity contribution is 5.34. The molecule has 0 spiro atoms. The maximum absolute atomic E-state index is 13.9. The van der Waals surface area contributed by atoms with Gasteiger partial charge in [0.2, 0.25) is 0 Å². The van der Waals surface area contributed by atoms with Crippen molar-refractivity contribution in [1.82, 2.24) is 0 Å². The zero-order chi connectivity index (χ0) is 13.2. The van der Waals surface area contributed by atoms with E-state index in [0.717, 1.165) is 11.1 Å². The molecule has 0 saturated carbocycles. The minimum atomic E-state index is -0.930. The highest BCUT2D eigenvalue weighted by atomic mass is 19.1. The fourth-order valence-electron chi connectivity index (χ4n) is 2.23. The summed E-state index contributed by atoms with van der Waals surface area (Å²) in [5.74, 6) is -0.243. The number of ether oxygens (including phenoxy) is 1. The van der Waals surface area contributed by atoms with E-state index in [1.54, 1.807) is 0 Å². The van der Waals surface area contributed by atoms with Crippen molar-refractivity contribution >= 4 is 0 Å². The van der Waals surface area contributed by atoms with Crippen molar-refractivity contribution < 1.29 is 14.2 Å². The normalized spacial score (nSPS) is 15.1. The van der Waals surface area contributed by atoms with Gasteiger partial charge in [-0.1, -0.05) is 19.9 Å². The van der Waals surface area contributed by atoms with Gasteiger partial charge in [-0.05, 0) is 37.0 Å². The molecule has 1 aromatic rings. The molecule has 2 atom stereocenters. The second-order valence-electron chi connectivity index (χ2n) is 4.87. The van der Waals surface area contributed by atoms with E-state index < -0.39 is 12.2 Å². The third-order valence-corrected chi connectivity index (χ3v) is 3.02. The predicted octanol–water partition coefficient (Wildman–Crippen LogP) is 3.15. The summed E-state index contributed by atoms with van der Waals surface area (Å²) in [4.78, 5) is 0. The van der Waals surface area contributed by atoms with Gasteiger partial charge in [0.25, 0.3) is 0 Å². The molecular formula is C14H21FO2. The minimum Gasteiger partial charge on any atom is -0.386 e. The summed E-state index contributed by atoms with van der Waals surface area (Å²) in [6, 6.07) is 3.31. The maximum Gasteiger partial charge on any atom is 0.129 e. The summed E-state index contributed by atoms with van der Waals surface area (Å²) < 4.78 is 19.2. The van der Waals surface area contributed by atoms with Crippen LogP contribution in [0, 0.1) is 25.6 Å². The van der Waals surface area contributed by atoms with Gasteiger partial charge in [0.1, 0.15) is 11.9 Å². The predicted molar refractivity (Wildman–Crippen MR) is 66.5 cm³/mol. The molecule has 0 aliphatic heterocycles. The van der Waals surface area contributed by atoms with E-state index in [9.17, 15) is 9.50 Å². The molecule has 0 aliphatic carbocycles. The van der Waals surface area contributed by atoms with Gasteiger partial charge in [-0.2, -0.15) is 0 Å². The van der Waals surface area contributed by atoms with E-state index in [1.807, 2.05) is 33.8 Å². The van der Waals surface area contributed by atoms with Crippen LogP contribution in [0.4, 0.5) is 4.39 Å². The quantitative estimate of drug-likeness (QED) is 0.876. The van der Waals surface area contributed by atoms with E-state index >= 15 is 0 Å². The molecule has 1 rings (SSSR count). The molecule has 0 radical (unpaired) electrons. The number of hydrogen-bond acceptors (Lipinski definition) is 2. The molecule has 96 valence electrons. The Balaban J connectivity index is 3.15. The van der Waals surface area contributed by atoms with Gasteiger partial charge in [-0.3, -0.25) is 0 Å². The Kier molecular flexibility index (Phi) is 4.66. The second-order valence-corrected chi connectivity index (χ2v) is 4.87. The molecule has 0 aromatic heterocycles. The molecule has 1 N–H and O–H groups in total. The SMILES string of the molecule is COC(C(C)C)C(O)c1c(C)cc(C)cc1F. The maximum atomic E-state index is 13.9. The van der Waals surface area contributed by atoms with Gasteiger partial charge in [0, 0.05) is 12.7 Å². The highest BCUT2D eigenvalue weighted by Crippen LogP contribution is 2.29. The number of hydrogen-bond donors (Lipinski definition) is 1. The lowest BCUT2D eigenvalue weighted by Crippen LogP contribution is -2.27. The summed E-state index contributed by atoms with van der Waals surface area (Å²) in [6.07, 6.45) is -1.33. The fourth-order valence-corrected chi connectivity index (χ4v) is 2.23. The zero-order valence-electron chi connectivity index (χ0n) is 11.1. The number of benzene rings is 1. The first-order valence-electron chi connectivity index (χ1n) is 5.86. The van der Waals surface area contributed by atoms with Crippen LogP contribution in [0.1, 0.15) is 36.6 Å². The number of aliphatic hydroxyl groups is 1. The Labute approximate surface area is 102 Å². The number of aryl methyl sites for hydroxylation is 2. The van der Waals surface area contributed by atoms with Crippen molar-refractivity contribution in [3.8, 4) is 0 Å². The third kappa shape index (κ3) is 3.05. The standard InChI is InChI=1S/C14H21FO2/c1-8(2)14(17-5)13(16)12-10(4)6-9(3)7-11(12)15/h6-8,13-14,16H,1-5H3. The number of aliphatic hydroxyl groups excluding tert-OH is 1. The number of halogens is 1. The fraction of sp³-hybridized carbons (Fsp3) is 0.571.